The summed E-state index contributed by atoms with van der Waals surface area (Å²) in [7, 11) is -2.24. The van der Waals surface area contributed by atoms with Crippen molar-refractivity contribution in [3.8, 4) is 0 Å². The number of benzene rings is 1. The summed E-state index contributed by atoms with van der Waals surface area (Å²) in [6.45, 7) is 4.37. The molecule has 1 saturated heterocycles. The van der Waals surface area contributed by atoms with Crippen LogP contribution >= 0.6 is 11.6 Å². The Labute approximate surface area is 175 Å². The quantitative estimate of drug-likeness (QED) is 0.721. The summed E-state index contributed by atoms with van der Waals surface area (Å²) in [4.78, 5) is 18.7. The zero-order valence-electron chi connectivity index (χ0n) is 16.2. The first-order valence-corrected chi connectivity index (χ1v) is 10.9. The second-order valence-electron chi connectivity index (χ2n) is 7.02. The molecule has 0 spiro atoms. The third kappa shape index (κ3) is 4.80. The fourth-order valence-corrected chi connectivity index (χ4v) is 4.60. The van der Waals surface area contributed by atoms with E-state index in [0.717, 1.165) is 5.56 Å². The molecule has 1 fully saturated rings. The summed E-state index contributed by atoms with van der Waals surface area (Å²) in [5, 5.41) is 9.40. The number of pyridine rings is 1. The van der Waals surface area contributed by atoms with E-state index in [4.69, 9.17) is 11.6 Å². The molecular formula is C19H23ClN4O4S. The topological polar surface area (TPSA) is 94.1 Å². The third-order valence-electron chi connectivity index (χ3n) is 5.02. The van der Waals surface area contributed by atoms with Crippen molar-refractivity contribution in [2.24, 2.45) is 0 Å². The summed E-state index contributed by atoms with van der Waals surface area (Å²) in [5.41, 5.74) is 1.57. The number of hydrogen-bond donors (Lipinski definition) is 1. The number of nitrogens with zero attached hydrogens (tertiary/aromatic N) is 4. The minimum absolute atomic E-state index is 0.0650. The maximum absolute atomic E-state index is 12.7. The zero-order chi connectivity index (χ0) is 21.2. The predicted octanol–water partition coefficient (Wildman–Crippen LogP) is 2.74. The number of halogens is 1. The van der Waals surface area contributed by atoms with Gasteiger partial charge in [0, 0.05) is 45.5 Å². The molecule has 1 N–H and O–H groups in total. The van der Waals surface area contributed by atoms with E-state index in [1.54, 1.807) is 12.1 Å². The number of carbonyl (C=O) groups is 1. The van der Waals surface area contributed by atoms with Crippen molar-refractivity contribution in [3.63, 3.8) is 0 Å². The van der Waals surface area contributed by atoms with Gasteiger partial charge < -0.3 is 10.0 Å². The maximum Gasteiger partial charge on any atom is 0.407 e. The highest BCUT2D eigenvalue weighted by atomic mass is 35.5. The van der Waals surface area contributed by atoms with Crippen LogP contribution in [0.4, 0.5) is 10.5 Å². The Hall–Kier alpha value is -2.36. The van der Waals surface area contributed by atoms with Crippen molar-refractivity contribution in [3.05, 3.63) is 53.3 Å². The zero-order valence-corrected chi connectivity index (χ0v) is 17.8. The summed E-state index contributed by atoms with van der Waals surface area (Å²) < 4.78 is 26.7. The minimum atomic E-state index is -3.73. The van der Waals surface area contributed by atoms with Gasteiger partial charge in [0.1, 0.15) is 10.0 Å². The van der Waals surface area contributed by atoms with Crippen molar-refractivity contribution >= 4 is 33.4 Å². The molecule has 0 aliphatic carbocycles. The molecule has 0 unspecified atom stereocenters. The Kier molecular flexibility index (Phi) is 6.30. The van der Waals surface area contributed by atoms with Crippen LogP contribution < -0.4 is 4.31 Å². The third-order valence-corrected chi connectivity index (χ3v) is 7.01. The first kappa shape index (κ1) is 21.4. The molecule has 1 amide bonds. The van der Waals surface area contributed by atoms with Gasteiger partial charge in [-0.05, 0) is 36.8 Å². The first-order chi connectivity index (χ1) is 13.7. The van der Waals surface area contributed by atoms with Crippen molar-refractivity contribution in [1.82, 2.24) is 14.8 Å². The van der Waals surface area contributed by atoms with Crippen LogP contribution in [0, 0.1) is 0 Å². The molecule has 0 saturated carbocycles. The SMILES string of the molecule is C[C@H]1CN(Cc2ccc(N(C)S(=O)(=O)c3ccc(Cl)nc3)cc2)CCN1C(=O)O. The highest BCUT2D eigenvalue weighted by Crippen LogP contribution is 2.23. The number of rotatable bonds is 5. The molecule has 10 heteroatoms. The van der Waals surface area contributed by atoms with E-state index in [2.05, 4.69) is 9.88 Å². The van der Waals surface area contributed by atoms with Crippen molar-refractivity contribution < 1.29 is 18.3 Å². The molecule has 1 aromatic heterocycles. The molecule has 0 bridgehead atoms. The normalized spacial score (nSPS) is 17.9. The van der Waals surface area contributed by atoms with E-state index in [0.29, 0.717) is 31.9 Å². The fourth-order valence-electron chi connectivity index (χ4n) is 3.34. The van der Waals surface area contributed by atoms with E-state index in [-0.39, 0.29) is 16.1 Å². The van der Waals surface area contributed by atoms with Gasteiger partial charge in [-0.3, -0.25) is 9.21 Å². The molecule has 2 heterocycles. The molecule has 1 aliphatic rings. The molecule has 1 aromatic carbocycles. The average Bonchev–Trinajstić information content (AvgIpc) is 2.68. The standard InChI is InChI=1S/C19H23ClN4O4S/c1-14-12-23(9-10-24(14)19(25)26)13-15-3-5-16(6-4-15)22(2)29(27,28)17-7-8-18(20)21-11-17/h3-8,11,14H,9-10,12-13H2,1-2H3,(H,25,26)/t14-/m0/s1. The first-order valence-electron chi connectivity index (χ1n) is 9.10. The van der Waals surface area contributed by atoms with Gasteiger partial charge >= 0.3 is 6.09 Å². The summed E-state index contributed by atoms with van der Waals surface area (Å²) in [5.74, 6) is 0. The Morgan fingerprint density at radius 1 is 1.24 bits per heavy atom. The number of piperazine rings is 1. The van der Waals surface area contributed by atoms with Gasteiger partial charge in [0.05, 0.1) is 5.69 Å². The molecule has 156 valence electrons. The number of aromatic nitrogens is 1. The van der Waals surface area contributed by atoms with Gasteiger partial charge in [-0.15, -0.1) is 0 Å². The Bertz CT molecular complexity index is 967. The van der Waals surface area contributed by atoms with Crippen molar-refractivity contribution in [2.75, 3.05) is 31.0 Å². The second-order valence-corrected chi connectivity index (χ2v) is 9.37. The number of amides is 1. The lowest BCUT2D eigenvalue weighted by atomic mass is 10.1. The fraction of sp³-hybridized carbons (Fsp3) is 0.368. The Balaban J connectivity index is 1.67. The number of anilines is 1. The maximum atomic E-state index is 12.7. The van der Waals surface area contributed by atoms with E-state index >= 15 is 0 Å². The van der Waals surface area contributed by atoms with Crippen LogP contribution in [0.2, 0.25) is 5.15 Å². The van der Waals surface area contributed by atoms with Crippen LogP contribution in [0.1, 0.15) is 12.5 Å². The average molecular weight is 439 g/mol. The lowest BCUT2D eigenvalue weighted by molar-refractivity contribution is 0.0711. The minimum Gasteiger partial charge on any atom is -0.465 e. The summed E-state index contributed by atoms with van der Waals surface area (Å²) in [6, 6.07) is 10.1. The summed E-state index contributed by atoms with van der Waals surface area (Å²) in [6.07, 6.45) is 0.349. The largest absolute Gasteiger partial charge is 0.465 e. The van der Waals surface area contributed by atoms with E-state index in [9.17, 15) is 18.3 Å². The van der Waals surface area contributed by atoms with Crippen LogP contribution in [-0.2, 0) is 16.6 Å². The van der Waals surface area contributed by atoms with Crippen LogP contribution in [-0.4, -0.2) is 67.1 Å². The highest BCUT2D eigenvalue weighted by molar-refractivity contribution is 7.92. The molecule has 1 aliphatic heterocycles. The van der Waals surface area contributed by atoms with Gasteiger partial charge in [-0.25, -0.2) is 18.2 Å². The molecule has 3 rings (SSSR count). The van der Waals surface area contributed by atoms with Crippen LogP contribution in [0.5, 0.6) is 0 Å². The van der Waals surface area contributed by atoms with Crippen LogP contribution in [0.25, 0.3) is 0 Å². The molecule has 0 radical (unpaired) electrons. The van der Waals surface area contributed by atoms with Gasteiger partial charge in [-0.2, -0.15) is 0 Å². The van der Waals surface area contributed by atoms with E-state index < -0.39 is 16.1 Å². The lowest BCUT2D eigenvalue weighted by Gasteiger charge is -2.38. The Morgan fingerprint density at radius 2 is 1.93 bits per heavy atom. The highest BCUT2D eigenvalue weighted by Gasteiger charge is 2.27. The molecular weight excluding hydrogens is 416 g/mol. The van der Waals surface area contributed by atoms with Gasteiger partial charge in [0.15, 0.2) is 0 Å². The monoisotopic (exact) mass is 438 g/mol. The van der Waals surface area contributed by atoms with Crippen LogP contribution in [0.15, 0.2) is 47.5 Å². The van der Waals surface area contributed by atoms with Crippen molar-refractivity contribution in [1.29, 1.82) is 0 Å². The smallest absolute Gasteiger partial charge is 0.407 e. The van der Waals surface area contributed by atoms with E-state index in [1.165, 1.54) is 34.6 Å². The van der Waals surface area contributed by atoms with Crippen LogP contribution in [0.3, 0.4) is 0 Å². The lowest BCUT2D eigenvalue weighted by Crippen LogP contribution is -2.53. The van der Waals surface area contributed by atoms with Gasteiger partial charge in [-0.1, -0.05) is 23.7 Å². The summed E-state index contributed by atoms with van der Waals surface area (Å²) >= 11 is 5.73. The molecule has 8 nitrogen and oxygen atoms in total. The number of carboxylic acid groups (broad SMARTS) is 1. The predicted molar refractivity (Wildman–Crippen MR) is 111 cm³/mol. The molecule has 2 aromatic rings. The molecule has 1 atom stereocenters. The number of sulfonamides is 1. The second kappa shape index (κ2) is 8.56. The number of hydrogen-bond acceptors (Lipinski definition) is 5. The Morgan fingerprint density at radius 3 is 2.48 bits per heavy atom. The molecule has 29 heavy (non-hydrogen) atoms. The van der Waals surface area contributed by atoms with Crippen molar-refractivity contribution in [2.45, 2.75) is 24.4 Å². The van der Waals surface area contributed by atoms with Gasteiger partial charge in [0.25, 0.3) is 10.0 Å². The van der Waals surface area contributed by atoms with Gasteiger partial charge in [0.2, 0.25) is 0 Å². The van der Waals surface area contributed by atoms with E-state index in [1.807, 2.05) is 19.1 Å².